The average Bonchev–Trinajstić information content (AvgIpc) is 2.70. The van der Waals surface area contributed by atoms with Crippen LogP contribution in [0.25, 0.3) is 0 Å². The summed E-state index contributed by atoms with van der Waals surface area (Å²) in [7, 11) is 0. The Morgan fingerprint density at radius 1 is 0.885 bits per heavy atom. The number of ether oxygens (including phenoxy) is 1. The minimum absolute atomic E-state index is 0.217. The Hall–Kier alpha value is -3.37. The normalized spacial score (nSPS) is 20.0. The molecule has 3 aromatic carbocycles. The molecule has 4 heteroatoms. The Morgan fingerprint density at radius 2 is 1.50 bits per heavy atom. The zero-order chi connectivity index (χ0) is 18.0. The summed E-state index contributed by atoms with van der Waals surface area (Å²) in [6.45, 7) is 0. The van der Waals surface area contributed by atoms with Gasteiger partial charge in [0.15, 0.2) is 5.78 Å². The second-order valence-electron chi connectivity index (χ2n) is 6.02. The summed E-state index contributed by atoms with van der Waals surface area (Å²) < 4.78 is 5.93. The Morgan fingerprint density at radius 3 is 2.23 bits per heavy atom. The van der Waals surface area contributed by atoms with Crippen molar-refractivity contribution in [3.63, 3.8) is 0 Å². The maximum absolute atomic E-state index is 12.7. The van der Waals surface area contributed by atoms with Crippen molar-refractivity contribution < 1.29 is 14.6 Å². The molecule has 1 aliphatic rings. The van der Waals surface area contributed by atoms with Crippen LogP contribution in [0.4, 0.5) is 5.69 Å². The van der Waals surface area contributed by atoms with Crippen molar-refractivity contribution in [2.45, 2.75) is 5.79 Å². The van der Waals surface area contributed by atoms with Crippen LogP contribution >= 0.6 is 0 Å². The molecule has 2 N–H and O–H groups in total. The molecule has 4 rings (SSSR count). The van der Waals surface area contributed by atoms with E-state index in [0.717, 1.165) is 0 Å². The summed E-state index contributed by atoms with van der Waals surface area (Å²) in [6, 6.07) is 25.2. The highest BCUT2D eigenvalue weighted by Gasteiger charge is 2.41. The molecule has 1 heterocycles. The molecular formula is C22H17NO3. The van der Waals surface area contributed by atoms with Gasteiger partial charge in [0.1, 0.15) is 5.75 Å². The third-order valence-corrected chi connectivity index (χ3v) is 4.28. The molecule has 0 aliphatic carbocycles. The van der Waals surface area contributed by atoms with Gasteiger partial charge in [-0.05, 0) is 12.1 Å². The standard InChI is InChI=1S/C22H17NO3/c24-19(16-9-3-1-4-10-16)15-21-22(25,17-11-5-2-6-12-17)26-20-14-8-7-13-18(20)23-21/h1-15,23,25H/b21-15-. The van der Waals surface area contributed by atoms with E-state index in [1.807, 2.05) is 42.5 Å². The first-order valence-corrected chi connectivity index (χ1v) is 8.31. The summed E-state index contributed by atoms with van der Waals surface area (Å²) in [6.07, 6.45) is 1.39. The first kappa shape index (κ1) is 16.1. The Labute approximate surface area is 151 Å². The third-order valence-electron chi connectivity index (χ3n) is 4.28. The lowest BCUT2D eigenvalue weighted by molar-refractivity contribution is -0.114. The number of benzene rings is 3. The van der Waals surface area contributed by atoms with E-state index in [4.69, 9.17) is 4.74 Å². The van der Waals surface area contributed by atoms with Gasteiger partial charge in [-0.3, -0.25) is 4.79 Å². The fourth-order valence-electron chi connectivity index (χ4n) is 2.93. The number of anilines is 1. The monoisotopic (exact) mass is 343 g/mol. The first-order chi connectivity index (χ1) is 12.7. The van der Waals surface area contributed by atoms with E-state index in [9.17, 15) is 9.90 Å². The molecule has 4 nitrogen and oxygen atoms in total. The first-order valence-electron chi connectivity index (χ1n) is 8.31. The molecule has 1 aliphatic heterocycles. The van der Waals surface area contributed by atoms with Crippen LogP contribution in [0, 0.1) is 0 Å². The average molecular weight is 343 g/mol. The quantitative estimate of drug-likeness (QED) is 0.555. The fourth-order valence-corrected chi connectivity index (χ4v) is 2.93. The summed E-state index contributed by atoms with van der Waals surface area (Å²) in [5.74, 6) is -1.48. The van der Waals surface area contributed by atoms with Gasteiger partial charge in [-0.25, -0.2) is 0 Å². The number of ketones is 1. The van der Waals surface area contributed by atoms with Gasteiger partial charge >= 0.3 is 0 Å². The second kappa shape index (κ2) is 6.50. The molecule has 0 radical (unpaired) electrons. The van der Waals surface area contributed by atoms with Gasteiger partial charge in [-0.2, -0.15) is 0 Å². The fraction of sp³-hybridized carbons (Fsp3) is 0.0455. The van der Waals surface area contributed by atoms with Crippen LogP contribution in [-0.4, -0.2) is 10.9 Å². The minimum atomic E-state index is -1.78. The summed E-state index contributed by atoms with van der Waals surface area (Å²) in [5, 5.41) is 14.5. The van der Waals surface area contributed by atoms with E-state index in [0.29, 0.717) is 22.6 Å². The molecule has 0 aromatic heterocycles. The van der Waals surface area contributed by atoms with Crippen LogP contribution in [0.15, 0.2) is 96.7 Å². The number of fused-ring (bicyclic) bond motifs is 1. The van der Waals surface area contributed by atoms with Crippen molar-refractivity contribution in [1.82, 2.24) is 0 Å². The zero-order valence-corrected chi connectivity index (χ0v) is 13.9. The molecule has 0 amide bonds. The summed E-state index contributed by atoms with van der Waals surface area (Å²) >= 11 is 0. The molecule has 0 spiro atoms. The number of allylic oxidation sites excluding steroid dienone is 1. The number of hydrogen-bond acceptors (Lipinski definition) is 4. The molecule has 26 heavy (non-hydrogen) atoms. The van der Waals surface area contributed by atoms with E-state index in [1.54, 1.807) is 42.5 Å². The predicted octanol–water partition coefficient (Wildman–Crippen LogP) is 4.10. The van der Waals surface area contributed by atoms with E-state index < -0.39 is 5.79 Å². The van der Waals surface area contributed by atoms with Crippen molar-refractivity contribution in [3.8, 4) is 5.75 Å². The van der Waals surface area contributed by atoms with Gasteiger partial charge in [-0.15, -0.1) is 0 Å². The molecule has 3 aromatic rings. The number of hydrogen-bond donors (Lipinski definition) is 2. The molecule has 0 saturated carbocycles. The van der Waals surface area contributed by atoms with Crippen LogP contribution in [0.5, 0.6) is 5.75 Å². The topological polar surface area (TPSA) is 58.6 Å². The van der Waals surface area contributed by atoms with Crippen LogP contribution in [0.3, 0.4) is 0 Å². The van der Waals surface area contributed by atoms with Crippen molar-refractivity contribution >= 4 is 11.5 Å². The number of para-hydroxylation sites is 2. The zero-order valence-electron chi connectivity index (χ0n) is 13.9. The lowest BCUT2D eigenvalue weighted by atomic mass is 9.98. The van der Waals surface area contributed by atoms with Gasteiger partial charge in [0, 0.05) is 17.2 Å². The second-order valence-corrected chi connectivity index (χ2v) is 6.02. The number of rotatable bonds is 3. The van der Waals surface area contributed by atoms with Crippen LogP contribution in [0.2, 0.25) is 0 Å². The highest BCUT2D eigenvalue weighted by Crippen LogP contribution is 2.41. The SMILES string of the molecule is O=C(/C=C1\Nc2ccccc2OC1(O)c1ccccc1)c1ccccc1. The number of carbonyl (C=O) groups is 1. The number of nitrogens with one attached hydrogen (secondary N) is 1. The lowest BCUT2D eigenvalue weighted by Gasteiger charge is -2.37. The smallest absolute Gasteiger partial charge is 0.277 e. The summed E-state index contributed by atoms with van der Waals surface area (Å²) in [5.41, 5.74) is 2.04. The molecule has 0 fully saturated rings. The molecule has 0 bridgehead atoms. The molecule has 1 unspecified atom stereocenters. The van der Waals surface area contributed by atoms with Crippen molar-refractivity contribution in [3.05, 3.63) is 108 Å². The number of aliphatic hydroxyl groups is 1. The van der Waals surface area contributed by atoms with Crippen molar-refractivity contribution in [1.29, 1.82) is 0 Å². The van der Waals surface area contributed by atoms with Crippen LogP contribution < -0.4 is 10.1 Å². The molecule has 0 saturated heterocycles. The maximum Gasteiger partial charge on any atom is 0.277 e. The van der Waals surface area contributed by atoms with E-state index in [1.165, 1.54) is 6.08 Å². The Balaban J connectivity index is 1.82. The van der Waals surface area contributed by atoms with E-state index >= 15 is 0 Å². The van der Waals surface area contributed by atoms with Crippen LogP contribution in [-0.2, 0) is 5.79 Å². The van der Waals surface area contributed by atoms with E-state index in [2.05, 4.69) is 5.32 Å². The van der Waals surface area contributed by atoms with Crippen molar-refractivity contribution in [2.75, 3.05) is 5.32 Å². The third kappa shape index (κ3) is 2.87. The lowest BCUT2D eigenvalue weighted by Crippen LogP contribution is -2.41. The Kier molecular flexibility index (Phi) is 4.03. The van der Waals surface area contributed by atoms with Gasteiger partial charge < -0.3 is 15.2 Å². The number of carbonyl (C=O) groups excluding carboxylic acids is 1. The van der Waals surface area contributed by atoms with E-state index in [-0.39, 0.29) is 11.5 Å². The minimum Gasteiger partial charge on any atom is -0.450 e. The van der Waals surface area contributed by atoms with Crippen LogP contribution in [0.1, 0.15) is 15.9 Å². The predicted molar refractivity (Wildman–Crippen MR) is 99.9 cm³/mol. The summed E-state index contributed by atoms with van der Waals surface area (Å²) in [4.78, 5) is 12.7. The van der Waals surface area contributed by atoms with Gasteiger partial charge in [0.2, 0.25) is 0 Å². The van der Waals surface area contributed by atoms with Crippen molar-refractivity contribution in [2.24, 2.45) is 0 Å². The van der Waals surface area contributed by atoms with Gasteiger partial charge in [0.05, 0.1) is 11.4 Å². The molecule has 128 valence electrons. The van der Waals surface area contributed by atoms with Gasteiger partial charge in [-0.1, -0.05) is 72.8 Å². The highest BCUT2D eigenvalue weighted by molar-refractivity contribution is 6.05. The maximum atomic E-state index is 12.7. The van der Waals surface area contributed by atoms with Gasteiger partial charge in [0.25, 0.3) is 5.79 Å². The largest absolute Gasteiger partial charge is 0.450 e. The Bertz CT molecular complexity index is 967. The highest BCUT2D eigenvalue weighted by atomic mass is 16.6. The molecule has 1 atom stereocenters. The molecular weight excluding hydrogens is 326 g/mol.